The first-order valence-corrected chi connectivity index (χ1v) is 9.77. The van der Waals surface area contributed by atoms with E-state index in [9.17, 15) is 13.2 Å². The lowest BCUT2D eigenvalue weighted by Gasteiger charge is -2.06. The lowest BCUT2D eigenvalue weighted by molar-refractivity contribution is 0.338. The molecule has 0 bridgehead atoms. The number of rotatable bonds is 6. The molecule has 0 spiro atoms. The molecule has 0 fully saturated rings. The zero-order valence-corrected chi connectivity index (χ0v) is 15.9. The van der Waals surface area contributed by atoms with Crippen molar-refractivity contribution in [1.82, 2.24) is 9.82 Å². The van der Waals surface area contributed by atoms with Gasteiger partial charge in [-0.2, -0.15) is 13.5 Å². The average Bonchev–Trinajstić information content (AvgIpc) is 2.96. The molecule has 0 saturated heterocycles. The smallest absolute Gasteiger partial charge is 0.417 e. The number of hydrogen-bond acceptors (Lipinski definition) is 6. The van der Waals surface area contributed by atoms with Crippen molar-refractivity contribution in [1.29, 1.82) is 0 Å². The zero-order chi connectivity index (χ0) is 18.7. The van der Waals surface area contributed by atoms with Gasteiger partial charge in [-0.25, -0.2) is 9.63 Å². The highest BCUT2D eigenvalue weighted by atomic mass is 79.9. The molecule has 0 atom stereocenters. The first-order valence-electron chi connectivity index (χ1n) is 7.49. The van der Waals surface area contributed by atoms with E-state index in [1.54, 1.807) is 18.2 Å². The molecule has 1 aromatic heterocycles. The van der Waals surface area contributed by atoms with Crippen molar-refractivity contribution < 1.29 is 17.6 Å². The van der Waals surface area contributed by atoms with Crippen LogP contribution in [0.1, 0.15) is 12.5 Å². The molecule has 3 rings (SSSR count). The lowest BCUT2D eigenvalue weighted by atomic mass is 10.2. The molecule has 10 heteroatoms. The van der Waals surface area contributed by atoms with Gasteiger partial charge in [0.15, 0.2) is 5.58 Å². The van der Waals surface area contributed by atoms with Crippen LogP contribution in [0.2, 0.25) is 0 Å². The summed E-state index contributed by atoms with van der Waals surface area (Å²) in [5, 5.41) is 3.77. The minimum Gasteiger partial charge on any atom is -0.493 e. The first-order chi connectivity index (χ1) is 12.4. The van der Waals surface area contributed by atoms with Crippen molar-refractivity contribution in [3.8, 4) is 5.75 Å². The lowest BCUT2D eigenvalue weighted by Crippen LogP contribution is -2.18. The van der Waals surface area contributed by atoms with E-state index in [1.807, 2.05) is 6.92 Å². The van der Waals surface area contributed by atoms with Crippen molar-refractivity contribution in [3.05, 3.63) is 57.0 Å². The van der Waals surface area contributed by atoms with Crippen molar-refractivity contribution in [3.63, 3.8) is 0 Å². The van der Waals surface area contributed by atoms with Crippen molar-refractivity contribution >= 4 is 43.3 Å². The molecule has 0 aliphatic heterocycles. The minimum atomic E-state index is -3.90. The van der Waals surface area contributed by atoms with Crippen LogP contribution in [0.15, 0.2) is 60.1 Å². The van der Waals surface area contributed by atoms with Gasteiger partial charge in [0.05, 0.1) is 27.7 Å². The Morgan fingerprint density at radius 1 is 1.31 bits per heavy atom. The Bertz CT molecular complexity index is 1130. The summed E-state index contributed by atoms with van der Waals surface area (Å²) in [6, 6.07) is 9.29. The number of fused-ring (bicyclic) bond motifs is 1. The number of nitrogens with one attached hydrogen (secondary N) is 2. The van der Waals surface area contributed by atoms with E-state index < -0.39 is 15.8 Å². The van der Waals surface area contributed by atoms with Crippen LogP contribution in [-0.4, -0.2) is 26.2 Å². The van der Waals surface area contributed by atoms with Gasteiger partial charge in [-0.1, -0.05) is 0 Å². The number of H-pyrrole nitrogens is 1. The summed E-state index contributed by atoms with van der Waals surface area (Å²) < 4.78 is 35.6. The average molecular weight is 440 g/mol. The second kappa shape index (κ2) is 7.34. The Morgan fingerprint density at radius 3 is 2.85 bits per heavy atom. The summed E-state index contributed by atoms with van der Waals surface area (Å²) in [5.74, 6) is 0.0353. The fourth-order valence-corrected chi connectivity index (χ4v) is 3.50. The molecule has 0 aliphatic rings. The minimum absolute atomic E-state index is 0.0715. The molecule has 136 valence electrons. The van der Waals surface area contributed by atoms with Gasteiger partial charge < -0.3 is 9.15 Å². The molecular weight excluding hydrogens is 426 g/mol. The number of aromatic nitrogens is 1. The Hall–Kier alpha value is -2.59. The van der Waals surface area contributed by atoms with Gasteiger partial charge in [-0.3, -0.25) is 4.98 Å². The number of oxazole rings is 1. The molecule has 8 nitrogen and oxygen atoms in total. The summed E-state index contributed by atoms with van der Waals surface area (Å²) in [4.78, 5) is 15.6. The van der Waals surface area contributed by atoms with Crippen LogP contribution in [-0.2, 0) is 10.0 Å². The molecule has 0 saturated carbocycles. The van der Waals surface area contributed by atoms with Gasteiger partial charge in [0.1, 0.15) is 5.75 Å². The van der Waals surface area contributed by atoms with Crippen LogP contribution in [0.3, 0.4) is 0 Å². The van der Waals surface area contributed by atoms with Crippen molar-refractivity contribution in [2.24, 2.45) is 5.10 Å². The second-order valence-corrected chi connectivity index (χ2v) is 7.66. The quantitative estimate of drug-likeness (QED) is 0.452. The third kappa shape index (κ3) is 3.97. The summed E-state index contributed by atoms with van der Waals surface area (Å²) in [7, 11) is -3.90. The van der Waals surface area contributed by atoms with E-state index in [0.29, 0.717) is 23.4 Å². The number of benzene rings is 2. The van der Waals surface area contributed by atoms with Crippen molar-refractivity contribution in [2.75, 3.05) is 6.61 Å². The SMILES string of the molecule is CCOc1ccc(/C=N/NS(=O)(=O)c2ccc3[nH]c(=O)oc3c2)cc1Br. The number of aromatic amines is 1. The molecule has 26 heavy (non-hydrogen) atoms. The van der Waals surface area contributed by atoms with E-state index in [1.165, 1.54) is 24.4 Å². The van der Waals surface area contributed by atoms with Gasteiger partial charge in [0.2, 0.25) is 0 Å². The number of nitrogens with zero attached hydrogens (tertiary/aromatic N) is 1. The van der Waals surface area contributed by atoms with Crippen LogP contribution in [0, 0.1) is 0 Å². The van der Waals surface area contributed by atoms with E-state index in [4.69, 9.17) is 9.15 Å². The van der Waals surface area contributed by atoms with Crippen LogP contribution >= 0.6 is 15.9 Å². The summed E-state index contributed by atoms with van der Waals surface area (Å²) in [6.45, 7) is 2.42. The molecule has 1 heterocycles. The highest BCUT2D eigenvalue weighted by Gasteiger charge is 2.15. The maximum atomic E-state index is 12.3. The Balaban J connectivity index is 1.77. The molecule has 2 aromatic carbocycles. The maximum Gasteiger partial charge on any atom is 0.417 e. The Morgan fingerprint density at radius 2 is 2.12 bits per heavy atom. The van der Waals surface area contributed by atoms with Gasteiger partial charge in [-0.15, -0.1) is 0 Å². The Labute approximate surface area is 157 Å². The summed E-state index contributed by atoms with van der Waals surface area (Å²) in [6.07, 6.45) is 1.37. The predicted molar refractivity (Wildman–Crippen MR) is 100 cm³/mol. The fourth-order valence-electron chi connectivity index (χ4n) is 2.19. The monoisotopic (exact) mass is 439 g/mol. The van der Waals surface area contributed by atoms with Gasteiger partial charge in [-0.05, 0) is 58.7 Å². The predicted octanol–water partition coefficient (Wildman–Crippen LogP) is 2.59. The van der Waals surface area contributed by atoms with Crippen LogP contribution in [0.5, 0.6) is 5.75 Å². The molecule has 0 amide bonds. The molecule has 0 aliphatic carbocycles. The van der Waals surface area contributed by atoms with E-state index in [-0.39, 0.29) is 10.5 Å². The highest BCUT2D eigenvalue weighted by molar-refractivity contribution is 9.10. The molecule has 0 radical (unpaired) electrons. The zero-order valence-electron chi connectivity index (χ0n) is 13.5. The van der Waals surface area contributed by atoms with Crippen LogP contribution < -0.4 is 15.3 Å². The molecule has 2 N–H and O–H groups in total. The third-order valence-corrected chi connectivity index (χ3v) is 5.19. The largest absolute Gasteiger partial charge is 0.493 e. The highest BCUT2D eigenvalue weighted by Crippen LogP contribution is 2.25. The number of hydrazone groups is 1. The fraction of sp³-hybridized carbons (Fsp3) is 0.125. The normalized spacial score (nSPS) is 11.9. The van der Waals surface area contributed by atoms with Gasteiger partial charge in [0.25, 0.3) is 10.0 Å². The summed E-state index contributed by atoms with van der Waals surface area (Å²) >= 11 is 3.38. The number of sulfonamides is 1. The second-order valence-electron chi connectivity index (χ2n) is 5.15. The van der Waals surface area contributed by atoms with E-state index >= 15 is 0 Å². The standard InChI is InChI=1S/C16H14BrN3O5S/c1-2-24-14-6-3-10(7-12(14)17)9-18-20-26(22,23)11-4-5-13-15(8-11)25-16(21)19-13/h3-9,20H,2H2,1H3,(H,19,21)/b18-9+. The maximum absolute atomic E-state index is 12.3. The Kier molecular flexibility index (Phi) is 5.14. The topological polar surface area (TPSA) is 114 Å². The summed E-state index contributed by atoms with van der Waals surface area (Å²) in [5.41, 5.74) is 1.24. The number of hydrogen-bond donors (Lipinski definition) is 2. The van der Waals surface area contributed by atoms with E-state index in [0.717, 1.165) is 4.47 Å². The van der Waals surface area contributed by atoms with Crippen LogP contribution in [0.25, 0.3) is 11.1 Å². The molecular formula is C16H14BrN3O5S. The molecule has 0 unspecified atom stereocenters. The van der Waals surface area contributed by atoms with Crippen molar-refractivity contribution in [2.45, 2.75) is 11.8 Å². The van der Waals surface area contributed by atoms with Crippen LogP contribution in [0.4, 0.5) is 0 Å². The van der Waals surface area contributed by atoms with E-state index in [2.05, 4.69) is 30.8 Å². The van der Waals surface area contributed by atoms with Gasteiger partial charge in [0, 0.05) is 6.07 Å². The van der Waals surface area contributed by atoms with Gasteiger partial charge >= 0.3 is 5.76 Å². The molecule has 3 aromatic rings. The number of halogens is 1. The number of ether oxygens (including phenoxy) is 1. The first kappa shape index (κ1) is 18.2. The third-order valence-electron chi connectivity index (χ3n) is 3.35.